The van der Waals surface area contributed by atoms with Gasteiger partial charge in [-0.15, -0.1) is 0 Å². The highest BCUT2D eigenvalue weighted by Crippen LogP contribution is 2.23. The van der Waals surface area contributed by atoms with Crippen LogP contribution in [0.4, 0.5) is 13.2 Å². The highest BCUT2D eigenvalue weighted by molar-refractivity contribution is 4.66. The first-order chi connectivity index (χ1) is 8.58. The Morgan fingerprint density at radius 3 is 2.11 bits per heavy atom. The van der Waals surface area contributed by atoms with Crippen molar-refractivity contribution < 1.29 is 13.2 Å². The lowest BCUT2D eigenvalue weighted by molar-refractivity contribution is -0.135. The molecular weight excluding hydrogens is 239 g/mol. The normalized spacial score (nSPS) is 19.5. The van der Waals surface area contributed by atoms with Crippen LogP contribution in [0.25, 0.3) is 0 Å². The molecule has 0 atom stereocenters. The number of hydrogen-bond donors (Lipinski definition) is 1. The largest absolute Gasteiger partial charge is 0.389 e. The number of hydrogen-bond acceptors (Lipinski definition) is 1. The van der Waals surface area contributed by atoms with Crippen molar-refractivity contribution in [3.8, 4) is 0 Å². The molecule has 18 heavy (non-hydrogen) atoms. The molecule has 0 unspecified atom stereocenters. The fourth-order valence-electron chi connectivity index (χ4n) is 2.63. The van der Waals surface area contributed by atoms with Gasteiger partial charge < -0.3 is 5.32 Å². The molecule has 0 aromatic heterocycles. The van der Waals surface area contributed by atoms with Gasteiger partial charge in [0.05, 0.1) is 0 Å². The minimum Gasteiger partial charge on any atom is -0.316 e. The van der Waals surface area contributed by atoms with E-state index < -0.39 is 12.6 Å². The van der Waals surface area contributed by atoms with E-state index in [-0.39, 0.29) is 6.42 Å². The van der Waals surface area contributed by atoms with Crippen molar-refractivity contribution in [1.29, 1.82) is 0 Å². The predicted molar refractivity (Wildman–Crippen MR) is 68.6 cm³/mol. The van der Waals surface area contributed by atoms with E-state index in [4.69, 9.17) is 0 Å². The van der Waals surface area contributed by atoms with Gasteiger partial charge in [-0.25, -0.2) is 0 Å². The van der Waals surface area contributed by atoms with Gasteiger partial charge >= 0.3 is 6.18 Å². The summed E-state index contributed by atoms with van der Waals surface area (Å²) < 4.78 is 35.8. The quantitative estimate of drug-likeness (QED) is 0.688. The molecule has 0 heterocycles. The van der Waals surface area contributed by atoms with Crippen LogP contribution in [0, 0.1) is 5.92 Å². The van der Waals surface area contributed by atoms with E-state index in [0.29, 0.717) is 6.42 Å². The van der Waals surface area contributed by atoms with Gasteiger partial charge in [-0.05, 0) is 44.7 Å². The second-order valence-electron chi connectivity index (χ2n) is 5.49. The monoisotopic (exact) mass is 265 g/mol. The summed E-state index contributed by atoms with van der Waals surface area (Å²) in [6, 6.07) is 0. The van der Waals surface area contributed by atoms with Crippen LogP contribution in [0.1, 0.15) is 64.2 Å². The average molecular weight is 265 g/mol. The smallest absolute Gasteiger partial charge is 0.316 e. The first kappa shape index (κ1) is 15.8. The van der Waals surface area contributed by atoms with Crippen LogP contribution in [0.15, 0.2) is 0 Å². The summed E-state index contributed by atoms with van der Waals surface area (Å²) in [6.07, 6.45) is 5.54. The summed E-state index contributed by atoms with van der Waals surface area (Å²) >= 11 is 0. The van der Waals surface area contributed by atoms with Gasteiger partial charge in [0.15, 0.2) is 0 Å². The predicted octanol–water partition coefficient (Wildman–Crippen LogP) is 4.67. The first-order valence-corrected chi connectivity index (χ1v) is 7.35. The third-order valence-electron chi connectivity index (χ3n) is 3.72. The lowest BCUT2D eigenvalue weighted by Crippen LogP contribution is -2.24. The van der Waals surface area contributed by atoms with Crippen LogP contribution < -0.4 is 5.32 Å². The summed E-state index contributed by atoms with van der Waals surface area (Å²) in [4.78, 5) is 0. The Hall–Kier alpha value is -0.250. The summed E-state index contributed by atoms with van der Waals surface area (Å²) in [5.74, 6) is 0.743. The van der Waals surface area contributed by atoms with Gasteiger partial charge in [-0.1, -0.05) is 32.1 Å². The van der Waals surface area contributed by atoms with Crippen molar-refractivity contribution in [3.05, 3.63) is 0 Å². The molecular formula is C14H26F3N. The molecule has 1 N–H and O–H groups in total. The Morgan fingerprint density at radius 1 is 0.889 bits per heavy atom. The van der Waals surface area contributed by atoms with Gasteiger partial charge in [0.2, 0.25) is 0 Å². The molecule has 0 saturated heterocycles. The number of unbranched alkanes of at least 4 members (excludes halogenated alkanes) is 1. The summed E-state index contributed by atoms with van der Waals surface area (Å²) in [7, 11) is 0. The van der Waals surface area contributed by atoms with Crippen LogP contribution in [-0.2, 0) is 0 Å². The molecule has 1 aliphatic rings. The molecule has 1 saturated carbocycles. The van der Waals surface area contributed by atoms with E-state index >= 15 is 0 Å². The van der Waals surface area contributed by atoms with E-state index in [1.807, 2.05) is 0 Å². The van der Waals surface area contributed by atoms with Crippen LogP contribution in [0.5, 0.6) is 0 Å². The zero-order chi connectivity index (χ0) is 13.3. The van der Waals surface area contributed by atoms with Crippen molar-refractivity contribution in [2.75, 3.05) is 13.1 Å². The minimum absolute atomic E-state index is 0.251. The minimum atomic E-state index is -3.99. The summed E-state index contributed by atoms with van der Waals surface area (Å²) in [5.41, 5.74) is 0. The van der Waals surface area contributed by atoms with Crippen molar-refractivity contribution in [1.82, 2.24) is 5.32 Å². The molecule has 1 fully saturated rings. The van der Waals surface area contributed by atoms with Crippen LogP contribution in [0.3, 0.4) is 0 Å². The molecule has 0 bridgehead atoms. The Kier molecular flexibility index (Phi) is 7.71. The maximum absolute atomic E-state index is 11.9. The Labute approximate surface area is 109 Å². The van der Waals surface area contributed by atoms with E-state index in [1.54, 1.807) is 0 Å². The summed E-state index contributed by atoms with van der Waals surface area (Å²) in [6.45, 7) is 1.72. The molecule has 4 heteroatoms. The van der Waals surface area contributed by atoms with Crippen molar-refractivity contribution >= 4 is 0 Å². The van der Waals surface area contributed by atoms with Crippen molar-refractivity contribution in [2.45, 2.75) is 70.4 Å². The Morgan fingerprint density at radius 2 is 1.50 bits per heavy atom. The van der Waals surface area contributed by atoms with Gasteiger partial charge in [0, 0.05) is 6.42 Å². The lowest BCUT2D eigenvalue weighted by atomic mass is 9.91. The fourth-order valence-corrected chi connectivity index (χ4v) is 2.63. The highest BCUT2D eigenvalue weighted by atomic mass is 19.4. The van der Waals surface area contributed by atoms with Crippen molar-refractivity contribution in [2.24, 2.45) is 5.92 Å². The zero-order valence-electron chi connectivity index (χ0n) is 11.2. The van der Waals surface area contributed by atoms with Crippen LogP contribution in [-0.4, -0.2) is 19.3 Å². The molecule has 108 valence electrons. The highest BCUT2D eigenvalue weighted by Gasteiger charge is 2.25. The maximum atomic E-state index is 11.9. The first-order valence-electron chi connectivity index (χ1n) is 7.35. The van der Waals surface area contributed by atoms with E-state index in [2.05, 4.69) is 5.32 Å². The molecule has 0 aromatic rings. The molecule has 0 radical (unpaired) electrons. The Balaban J connectivity index is 1.96. The van der Waals surface area contributed by atoms with Crippen molar-refractivity contribution in [3.63, 3.8) is 0 Å². The average Bonchev–Trinajstić information content (AvgIpc) is 2.23. The third-order valence-corrected chi connectivity index (χ3v) is 3.72. The lowest BCUT2D eigenvalue weighted by Gasteiger charge is -2.20. The number of halogens is 3. The third kappa shape index (κ3) is 8.78. The Bertz CT molecular complexity index is 196. The second-order valence-corrected chi connectivity index (χ2v) is 5.49. The van der Waals surface area contributed by atoms with Gasteiger partial charge in [0.1, 0.15) is 0 Å². The second kappa shape index (κ2) is 8.78. The van der Waals surface area contributed by atoms with E-state index in [9.17, 15) is 13.2 Å². The number of alkyl halides is 3. The number of rotatable bonds is 6. The van der Waals surface area contributed by atoms with Crippen LogP contribution >= 0.6 is 0 Å². The molecule has 0 aromatic carbocycles. The van der Waals surface area contributed by atoms with E-state index in [1.165, 1.54) is 44.9 Å². The molecule has 0 amide bonds. The number of nitrogens with one attached hydrogen (secondary N) is 1. The van der Waals surface area contributed by atoms with Crippen LogP contribution in [0.2, 0.25) is 0 Å². The zero-order valence-corrected chi connectivity index (χ0v) is 11.2. The SMILES string of the molecule is FC(F)(F)CCCCNCC1CCCCCCC1. The molecule has 1 nitrogen and oxygen atoms in total. The molecule has 1 aliphatic carbocycles. The molecule has 0 aliphatic heterocycles. The van der Waals surface area contributed by atoms with E-state index in [0.717, 1.165) is 19.0 Å². The maximum Gasteiger partial charge on any atom is 0.389 e. The molecule has 0 spiro atoms. The topological polar surface area (TPSA) is 12.0 Å². The summed E-state index contributed by atoms with van der Waals surface area (Å²) in [5, 5.41) is 3.32. The van der Waals surface area contributed by atoms with Gasteiger partial charge in [0.25, 0.3) is 0 Å². The fraction of sp³-hybridized carbons (Fsp3) is 1.00. The molecule has 1 rings (SSSR count). The standard InChI is InChI=1S/C14H26F3N/c15-14(16,17)10-6-7-11-18-12-13-8-4-2-1-3-5-9-13/h13,18H,1-12H2. The van der Waals surface area contributed by atoms with Gasteiger partial charge in [-0.2, -0.15) is 13.2 Å². The van der Waals surface area contributed by atoms with Gasteiger partial charge in [-0.3, -0.25) is 0 Å².